The lowest BCUT2D eigenvalue weighted by molar-refractivity contribution is 0.594. The van der Waals surface area contributed by atoms with Crippen molar-refractivity contribution in [3.63, 3.8) is 0 Å². The zero-order valence-electron chi connectivity index (χ0n) is 8.04. The predicted molar refractivity (Wildman–Crippen MR) is 58.7 cm³/mol. The summed E-state index contributed by atoms with van der Waals surface area (Å²) < 4.78 is 24.3. The van der Waals surface area contributed by atoms with Gasteiger partial charge in [0.1, 0.15) is 4.21 Å². The summed E-state index contributed by atoms with van der Waals surface area (Å²) in [4.78, 5) is 4.83. The van der Waals surface area contributed by atoms with Crippen molar-refractivity contribution in [3.05, 3.63) is 41.4 Å². The first kappa shape index (κ1) is 10.3. The zero-order valence-corrected chi connectivity index (χ0v) is 9.68. The summed E-state index contributed by atoms with van der Waals surface area (Å²) in [6, 6.07) is 8.27. The van der Waals surface area contributed by atoms with Crippen LogP contribution in [0.5, 0.6) is 0 Å². The second-order valence-electron chi connectivity index (χ2n) is 3.04. The second-order valence-corrected chi connectivity index (χ2v) is 6.45. The summed E-state index contributed by atoms with van der Waals surface area (Å²) in [5.74, 6) is 0. The van der Waals surface area contributed by atoms with Crippen LogP contribution >= 0.6 is 11.3 Å². The molecular weight excluding hydrogens is 230 g/mol. The number of aryl methyl sites for hydroxylation is 1. The molecule has 2 aromatic heterocycles. The molecule has 2 aromatic rings. The highest BCUT2D eigenvalue weighted by Gasteiger charge is 2.20. The summed E-state index contributed by atoms with van der Waals surface area (Å²) in [7, 11) is -3.41. The Balaban J connectivity index is 2.54. The predicted octanol–water partition coefficient (Wildman–Crippen LogP) is 2.28. The van der Waals surface area contributed by atoms with Gasteiger partial charge in [-0.15, -0.1) is 11.3 Å². The molecule has 0 aromatic carbocycles. The summed E-state index contributed by atoms with van der Waals surface area (Å²) >= 11 is 1.26. The highest BCUT2D eigenvalue weighted by atomic mass is 32.2. The molecule has 3 nitrogen and oxygen atoms in total. The van der Waals surface area contributed by atoms with Gasteiger partial charge in [0.2, 0.25) is 9.84 Å². The normalized spacial score (nSPS) is 11.5. The minimum Gasteiger partial charge on any atom is -0.244 e. The first-order valence-corrected chi connectivity index (χ1v) is 6.63. The number of pyridine rings is 1. The third-order valence-corrected chi connectivity index (χ3v) is 5.06. The van der Waals surface area contributed by atoms with E-state index >= 15 is 0 Å². The first-order chi connectivity index (χ1) is 7.10. The molecule has 2 heterocycles. The average molecular weight is 239 g/mol. The van der Waals surface area contributed by atoms with E-state index < -0.39 is 9.84 Å². The fraction of sp³-hybridized carbons (Fsp3) is 0.100. The van der Waals surface area contributed by atoms with Gasteiger partial charge in [-0.25, -0.2) is 13.4 Å². The van der Waals surface area contributed by atoms with Gasteiger partial charge in [0.05, 0.1) is 0 Å². The molecule has 0 aliphatic rings. The van der Waals surface area contributed by atoms with E-state index in [1.54, 1.807) is 24.3 Å². The summed E-state index contributed by atoms with van der Waals surface area (Å²) in [5.41, 5.74) is 0. The molecule has 0 atom stereocenters. The van der Waals surface area contributed by atoms with Crippen LogP contribution in [0, 0.1) is 6.92 Å². The van der Waals surface area contributed by atoms with E-state index in [4.69, 9.17) is 0 Å². The van der Waals surface area contributed by atoms with Crippen LogP contribution in [0.4, 0.5) is 0 Å². The monoisotopic (exact) mass is 239 g/mol. The lowest BCUT2D eigenvalue weighted by Crippen LogP contribution is -2.01. The second kappa shape index (κ2) is 3.75. The molecular formula is C10H9NO2S2. The molecule has 0 saturated heterocycles. The quantitative estimate of drug-likeness (QED) is 0.807. The summed E-state index contributed by atoms with van der Waals surface area (Å²) in [6.07, 6.45) is 1.48. The maximum absolute atomic E-state index is 12.0. The van der Waals surface area contributed by atoms with E-state index in [2.05, 4.69) is 4.98 Å². The molecule has 0 amide bonds. The lowest BCUT2D eigenvalue weighted by atomic mass is 10.5. The Labute approximate surface area is 92.3 Å². The van der Waals surface area contributed by atoms with Crippen molar-refractivity contribution in [2.75, 3.05) is 0 Å². The van der Waals surface area contributed by atoms with E-state index in [1.807, 2.05) is 6.92 Å². The van der Waals surface area contributed by atoms with Crippen molar-refractivity contribution in [1.82, 2.24) is 4.98 Å². The lowest BCUT2D eigenvalue weighted by Gasteiger charge is -1.98. The molecule has 0 radical (unpaired) electrons. The fourth-order valence-corrected chi connectivity index (χ4v) is 3.76. The van der Waals surface area contributed by atoms with Gasteiger partial charge in [0.25, 0.3) is 0 Å². The van der Waals surface area contributed by atoms with Crippen LogP contribution in [0.1, 0.15) is 4.88 Å². The Morgan fingerprint density at radius 3 is 2.53 bits per heavy atom. The molecule has 0 spiro atoms. The number of sulfone groups is 1. The molecule has 2 rings (SSSR count). The maximum atomic E-state index is 12.0. The van der Waals surface area contributed by atoms with Crippen LogP contribution in [-0.4, -0.2) is 13.4 Å². The molecule has 0 bridgehead atoms. The van der Waals surface area contributed by atoms with Crippen molar-refractivity contribution in [3.8, 4) is 0 Å². The molecule has 0 unspecified atom stereocenters. The van der Waals surface area contributed by atoms with Crippen LogP contribution in [0.15, 0.2) is 45.8 Å². The van der Waals surface area contributed by atoms with Gasteiger partial charge in [0.15, 0.2) is 5.03 Å². The van der Waals surface area contributed by atoms with Crippen molar-refractivity contribution in [2.45, 2.75) is 16.2 Å². The number of rotatable bonds is 2. The molecule has 0 N–H and O–H groups in total. The molecule has 0 aliphatic carbocycles. The molecule has 0 fully saturated rings. The first-order valence-electron chi connectivity index (χ1n) is 4.33. The zero-order chi connectivity index (χ0) is 10.9. The molecule has 0 saturated carbocycles. The summed E-state index contributed by atoms with van der Waals surface area (Å²) in [5, 5.41) is 0.104. The van der Waals surface area contributed by atoms with Crippen molar-refractivity contribution in [2.24, 2.45) is 0 Å². The Kier molecular flexibility index (Phi) is 2.58. The van der Waals surface area contributed by atoms with Crippen molar-refractivity contribution < 1.29 is 8.42 Å². The topological polar surface area (TPSA) is 47.0 Å². The van der Waals surface area contributed by atoms with Crippen LogP contribution in [0.25, 0.3) is 0 Å². The minimum atomic E-state index is -3.41. The number of aromatic nitrogens is 1. The van der Waals surface area contributed by atoms with E-state index in [-0.39, 0.29) is 5.03 Å². The smallest absolute Gasteiger partial charge is 0.233 e. The Hall–Kier alpha value is -1.20. The van der Waals surface area contributed by atoms with Gasteiger partial charge < -0.3 is 0 Å². The van der Waals surface area contributed by atoms with E-state index in [0.29, 0.717) is 4.21 Å². The fourth-order valence-electron chi connectivity index (χ4n) is 1.17. The van der Waals surface area contributed by atoms with Gasteiger partial charge in [-0.3, -0.25) is 0 Å². The Bertz CT molecular complexity index is 558. The van der Waals surface area contributed by atoms with Gasteiger partial charge in [0, 0.05) is 11.1 Å². The SMILES string of the molecule is Cc1ccc(S(=O)(=O)c2ccccn2)s1. The third-order valence-electron chi connectivity index (χ3n) is 1.89. The molecule has 15 heavy (non-hydrogen) atoms. The maximum Gasteiger partial charge on any atom is 0.233 e. The van der Waals surface area contributed by atoms with Gasteiger partial charge in [-0.05, 0) is 31.2 Å². The Morgan fingerprint density at radius 1 is 1.20 bits per heavy atom. The van der Waals surface area contributed by atoms with E-state index in [1.165, 1.54) is 23.6 Å². The van der Waals surface area contributed by atoms with Crippen LogP contribution < -0.4 is 0 Å². The molecule has 78 valence electrons. The average Bonchev–Trinajstić information content (AvgIpc) is 2.67. The highest BCUT2D eigenvalue weighted by Crippen LogP contribution is 2.25. The van der Waals surface area contributed by atoms with Crippen LogP contribution in [-0.2, 0) is 9.84 Å². The van der Waals surface area contributed by atoms with Crippen LogP contribution in [0.3, 0.4) is 0 Å². The minimum absolute atomic E-state index is 0.104. The number of thiophene rings is 1. The molecule has 5 heteroatoms. The van der Waals surface area contributed by atoms with Crippen molar-refractivity contribution >= 4 is 21.2 Å². The largest absolute Gasteiger partial charge is 0.244 e. The van der Waals surface area contributed by atoms with Gasteiger partial charge in [-0.1, -0.05) is 6.07 Å². The third kappa shape index (κ3) is 1.93. The van der Waals surface area contributed by atoms with Gasteiger partial charge in [-0.2, -0.15) is 0 Å². The molecule has 0 aliphatic heterocycles. The standard InChI is InChI=1S/C10H9NO2S2/c1-8-5-6-10(14-8)15(12,13)9-4-2-3-7-11-9/h2-7H,1H3. The Morgan fingerprint density at radius 2 is 2.00 bits per heavy atom. The van der Waals surface area contributed by atoms with Gasteiger partial charge >= 0.3 is 0 Å². The summed E-state index contributed by atoms with van der Waals surface area (Å²) in [6.45, 7) is 1.88. The number of hydrogen-bond donors (Lipinski definition) is 0. The number of hydrogen-bond acceptors (Lipinski definition) is 4. The highest BCUT2D eigenvalue weighted by molar-refractivity contribution is 7.93. The van der Waals surface area contributed by atoms with Crippen molar-refractivity contribution in [1.29, 1.82) is 0 Å². The van der Waals surface area contributed by atoms with E-state index in [0.717, 1.165) is 4.88 Å². The van der Waals surface area contributed by atoms with Crippen LogP contribution in [0.2, 0.25) is 0 Å². The number of nitrogens with zero attached hydrogens (tertiary/aromatic N) is 1. The van der Waals surface area contributed by atoms with E-state index in [9.17, 15) is 8.42 Å².